The summed E-state index contributed by atoms with van der Waals surface area (Å²) >= 11 is 0. The lowest BCUT2D eigenvalue weighted by Crippen LogP contribution is -2.32. The quantitative estimate of drug-likeness (QED) is 0.0802. The van der Waals surface area contributed by atoms with Gasteiger partial charge in [-0.3, -0.25) is 19.8 Å². The number of aliphatic carboxylic acids is 3. The zero-order chi connectivity index (χ0) is 26.4. The fourth-order valence-corrected chi connectivity index (χ4v) is 2.22. The van der Waals surface area contributed by atoms with Crippen LogP contribution in [0.1, 0.15) is 65.2 Å². The Balaban J connectivity index is -0.000000416. The first-order chi connectivity index (χ1) is 15.3. The molecule has 13 nitrogen and oxygen atoms in total. The summed E-state index contributed by atoms with van der Waals surface area (Å²) in [4.78, 5) is 30.6. The lowest BCUT2D eigenvalue weighted by atomic mass is 10.1. The number of aliphatic hydroxyl groups is 1. The molecule has 0 heterocycles. The van der Waals surface area contributed by atoms with Crippen molar-refractivity contribution >= 4 is 23.9 Å². The summed E-state index contributed by atoms with van der Waals surface area (Å²) in [5, 5.41) is 42.9. The van der Waals surface area contributed by atoms with Gasteiger partial charge >= 0.3 is 17.9 Å². The van der Waals surface area contributed by atoms with Crippen LogP contribution in [-0.4, -0.2) is 75.6 Å². The van der Waals surface area contributed by atoms with Gasteiger partial charge in [0.25, 0.3) is 0 Å². The fraction of sp³-hybridized carbons (Fsp3) is 0.800. The normalized spacial score (nSPS) is 12.8. The van der Waals surface area contributed by atoms with E-state index >= 15 is 0 Å². The zero-order valence-corrected chi connectivity index (χ0v) is 19.7. The number of hydrogen-bond acceptors (Lipinski definition) is 8. The van der Waals surface area contributed by atoms with E-state index in [2.05, 4.69) is 5.32 Å². The van der Waals surface area contributed by atoms with Gasteiger partial charge in [0, 0.05) is 13.2 Å². The number of carbonyl (C=O) groups is 3. The number of guanidine groups is 1. The van der Waals surface area contributed by atoms with Gasteiger partial charge in [-0.25, -0.2) is 0 Å². The standard InChI is InChI=1S/C7H16N4O2.C7H15NO3.C6H13NO2/c8-5(6(12)13)3-1-2-4-11-7(9)10;8-6(7(10)11)4-2-1-3-5-9;1-4(2)3-5(7)6(8)9/h5H,1-4,8H2,(H,12,13)(H4,9,10,11);6,9H,1-5,8H2,(H,10,11);4-5H,3,7H2,1-2H3,(H,8,9)/t5-;;5-/m1.1/s1. The molecule has 0 spiro atoms. The van der Waals surface area contributed by atoms with Crippen molar-refractivity contribution in [3.8, 4) is 0 Å². The average molecular weight is 481 g/mol. The maximum absolute atomic E-state index is 10.3. The van der Waals surface area contributed by atoms with Crippen molar-refractivity contribution in [2.75, 3.05) is 13.2 Å². The first kappa shape index (κ1) is 35.1. The molecule has 0 fully saturated rings. The van der Waals surface area contributed by atoms with Gasteiger partial charge < -0.3 is 48.7 Å². The van der Waals surface area contributed by atoms with Crippen molar-refractivity contribution in [1.82, 2.24) is 5.32 Å². The number of carboxylic acid groups (broad SMARTS) is 3. The lowest BCUT2D eigenvalue weighted by molar-refractivity contribution is -0.139. The maximum atomic E-state index is 10.3. The van der Waals surface area contributed by atoms with E-state index in [9.17, 15) is 14.4 Å². The molecule has 33 heavy (non-hydrogen) atoms. The van der Waals surface area contributed by atoms with Crippen LogP contribution in [0.15, 0.2) is 0 Å². The summed E-state index contributed by atoms with van der Waals surface area (Å²) in [5.41, 5.74) is 20.8. The van der Waals surface area contributed by atoms with Crippen LogP contribution >= 0.6 is 0 Å². The van der Waals surface area contributed by atoms with Crippen molar-refractivity contribution in [3.05, 3.63) is 0 Å². The molecule has 0 saturated carbocycles. The number of aliphatic hydroxyl groups excluding tert-OH is 1. The van der Waals surface area contributed by atoms with Gasteiger partial charge in [-0.05, 0) is 44.4 Å². The highest BCUT2D eigenvalue weighted by atomic mass is 16.4. The highest BCUT2D eigenvalue weighted by molar-refractivity contribution is 5.74. The second-order valence-electron chi connectivity index (χ2n) is 7.87. The van der Waals surface area contributed by atoms with Crippen LogP contribution in [0.2, 0.25) is 0 Å². The largest absolute Gasteiger partial charge is 0.480 e. The molecule has 0 aromatic rings. The predicted octanol–water partition coefficient (Wildman–Crippen LogP) is -0.553. The zero-order valence-electron chi connectivity index (χ0n) is 19.7. The molecule has 196 valence electrons. The highest BCUT2D eigenvalue weighted by Crippen LogP contribution is 2.02. The Morgan fingerprint density at radius 1 is 0.788 bits per heavy atom. The summed E-state index contributed by atoms with van der Waals surface area (Å²) in [5.74, 6) is -2.55. The van der Waals surface area contributed by atoms with Crippen molar-refractivity contribution in [3.63, 3.8) is 0 Å². The molecule has 0 bridgehead atoms. The minimum absolute atomic E-state index is 0.0671. The molecule has 0 radical (unpaired) electrons. The maximum Gasteiger partial charge on any atom is 0.320 e. The molecule has 1 unspecified atom stereocenters. The Bertz CT molecular complexity index is 549. The minimum Gasteiger partial charge on any atom is -0.480 e. The Kier molecular flexibility index (Phi) is 24.2. The van der Waals surface area contributed by atoms with Crippen molar-refractivity contribution < 1.29 is 34.8 Å². The van der Waals surface area contributed by atoms with Crippen LogP contribution in [0.3, 0.4) is 0 Å². The molecular formula is C20H44N6O7. The van der Waals surface area contributed by atoms with E-state index in [-0.39, 0.29) is 12.6 Å². The van der Waals surface area contributed by atoms with Crippen LogP contribution in [0.4, 0.5) is 0 Å². The van der Waals surface area contributed by atoms with E-state index in [0.29, 0.717) is 38.1 Å². The first-order valence-corrected chi connectivity index (χ1v) is 10.9. The fourth-order valence-electron chi connectivity index (χ4n) is 2.22. The highest BCUT2D eigenvalue weighted by Gasteiger charge is 2.12. The number of carboxylic acids is 3. The van der Waals surface area contributed by atoms with Crippen LogP contribution in [-0.2, 0) is 14.4 Å². The van der Waals surface area contributed by atoms with E-state index < -0.39 is 36.0 Å². The summed E-state index contributed by atoms with van der Waals surface area (Å²) in [7, 11) is 0. The Hall–Kier alpha value is -2.48. The van der Waals surface area contributed by atoms with Crippen LogP contribution in [0.25, 0.3) is 0 Å². The number of nitrogens with one attached hydrogen (secondary N) is 2. The number of hydrogen-bond donors (Lipinski definition) is 10. The molecule has 0 rings (SSSR count). The Morgan fingerprint density at radius 2 is 1.21 bits per heavy atom. The third-order valence-electron chi connectivity index (χ3n) is 4.11. The van der Waals surface area contributed by atoms with Crippen molar-refractivity contribution in [1.29, 1.82) is 5.41 Å². The summed E-state index contributed by atoms with van der Waals surface area (Å²) < 4.78 is 0. The van der Waals surface area contributed by atoms with Gasteiger partial charge in [0.15, 0.2) is 5.96 Å². The topological polar surface area (TPSA) is 272 Å². The molecule has 0 aromatic carbocycles. The third kappa shape index (κ3) is 29.5. The van der Waals surface area contributed by atoms with E-state index in [1.807, 2.05) is 13.8 Å². The van der Waals surface area contributed by atoms with Crippen molar-refractivity contribution in [2.45, 2.75) is 83.3 Å². The molecule has 0 aliphatic rings. The van der Waals surface area contributed by atoms with E-state index in [4.69, 9.17) is 48.8 Å². The van der Waals surface area contributed by atoms with Crippen molar-refractivity contribution in [2.24, 2.45) is 28.9 Å². The summed E-state index contributed by atoms with van der Waals surface area (Å²) in [6.07, 6.45) is 5.33. The van der Waals surface area contributed by atoms with Gasteiger partial charge in [-0.2, -0.15) is 0 Å². The minimum atomic E-state index is -0.973. The van der Waals surface area contributed by atoms with Crippen LogP contribution in [0.5, 0.6) is 0 Å². The number of unbranched alkanes of at least 4 members (excludes halogenated alkanes) is 3. The molecule has 14 N–H and O–H groups in total. The van der Waals surface area contributed by atoms with Gasteiger partial charge in [0.2, 0.25) is 0 Å². The molecule has 0 aromatic heterocycles. The average Bonchev–Trinajstić information content (AvgIpc) is 2.70. The summed E-state index contributed by atoms with van der Waals surface area (Å²) in [6.45, 7) is 4.65. The summed E-state index contributed by atoms with van der Waals surface area (Å²) in [6, 6.07) is -2.21. The Morgan fingerprint density at radius 3 is 1.52 bits per heavy atom. The molecule has 0 saturated heterocycles. The molecule has 0 amide bonds. The van der Waals surface area contributed by atoms with E-state index in [1.54, 1.807) is 0 Å². The molecule has 3 atom stereocenters. The van der Waals surface area contributed by atoms with Crippen LogP contribution in [0, 0.1) is 11.3 Å². The third-order valence-corrected chi connectivity index (χ3v) is 4.11. The number of rotatable bonds is 15. The van der Waals surface area contributed by atoms with E-state index in [1.165, 1.54) is 0 Å². The van der Waals surface area contributed by atoms with Gasteiger partial charge in [-0.1, -0.05) is 26.7 Å². The molecule has 13 heteroatoms. The van der Waals surface area contributed by atoms with Gasteiger partial charge in [0.1, 0.15) is 18.1 Å². The molecular weight excluding hydrogens is 436 g/mol. The second-order valence-corrected chi connectivity index (χ2v) is 7.87. The second kappa shape index (κ2) is 22.7. The monoisotopic (exact) mass is 480 g/mol. The molecule has 0 aliphatic heterocycles. The predicted molar refractivity (Wildman–Crippen MR) is 126 cm³/mol. The van der Waals surface area contributed by atoms with Gasteiger partial charge in [-0.15, -0.1) is 0 Å². The molecule has 0 aliphatic carbocycles. The van der Waals surface area contributed by atoms with E-state index in [0.717, 1.165) is 25.7 Å². The lowest BCUT2D eigenvalue weighted by Gasteiger charge is -2.07. The Labute approximate surface area is 195 Å². The first-order valence-electron chi connectivity index (χ1n) is 10.9. The van der Waals surface area contributed by atoms with Gasteiger partial charge in [0.05, 0.1) is 0 Å². The SMILES string of the molecule is CC(C)C[C@@H](N)C(=O)O.N=C(N)NCCCC[C@@H](N)C(=O)O.NC(CCCCCO)C(=O)O. The van der Waals surface area contributed by atoms with Crippen LogP contribution < -0.4 is 28.3 Å². The smallest absolute Gasteiger partial charge is 0.320 e. The number of nitrogens with two attached hydrogens (primary N) is 4.